The number of amides is 2. The Morgan fingerprint density at radius 2 is 2.10 bits per heavy atom. The number of nitrogens with two attached hydrogens (primary N) is 1. The summed E-state index contributed by atoms with van der Waals surface area (Å²) in [5, 5.41) is 7.88. The lowest BCUT2D eigenvalue weighted by Crippen LogP contribution is -2.49. The van der Waals surface area contributed by atoms with Crippen LogP contribution in [0, 0.1) is 6.92 Å². The van der Waals surface area contributed by atoms with Crippen LogP contribution in [-0.2, 0) is 11.8 Å². The number of halogens is 2. The van der Waals surface area contributed by atoms with E-state index >= 15 is 0 Å². The summed E-state index contributed by atoms with van der Waals surface area (Å²) in [6.45, 7) is 3.37. The Bertz CT molecular complexity index is 825. The number of hydrogen-bond acceptors (Lipinski definition) is 6. The number of rotatable bonds is 6. The van der Waals surface area contributed by atoms with Crippen LogP contribution in [0.2, 0.25) is 0 Å². The molecule has 162 valence electrons. The molecule has 1 fully saturated rings. The monoisotopic (exact) mass is 462 g/mol. The molecule has 3 heterocycles. The fraction of sp³-hybridized carbons (Fsp3) is 0.556. The number of likely N-dealkylation sites (tertiary alicyclic amines) is 1. The highest BCUT2D eigenvalue weighted by molar-refractivity contribution is 7.17. The second kappa shape index (κ2) is 11.5. The number of carbonyl (C=O) groups excluding carboxylic acids is 2. The molecule has 0 aromatic carbocycles. The quantitative estimate of drug-likeness (QED) is 0.683. The average Bonchev–Trinajstić information content (AvgIpc) is 3.25. The third kappa shape index (κ3) is 6.15. The van der Waals surface area contributed by atoms with E-state index in [-0.39, 0.29) is 42.7 Å². The molecule has 0 saturated carbocycles. The minimum atomic E-state index is -0.0664. The van der Waals surface area contributed by atoms with E-state index in [2.05, 4.69) is 15.4 Å². The molecule has 0 bridgehead atoms. The van der Waals surface area contributed by atoms with E-state index in [0.717, 1.165) is 35.5 Å². The zero-order valence-corrected chi connectivity index (χ0v) is 19.0. The highest BCUT2D eigenvalue weighted by Crippen LogP contribution is 2.30. The van der Waals surface area contributed by atoms with Crippen LogP contribution in [0.4, 0.5) is 0 Å². The first-order chi connectivity index (χ1) is 13.0. The van der Waals surface area contributed by atoms with Crippen LogP contribution in [0.1, 0.15) is 41.0 Å². The number of piperidine rings is 1. The van der Waals surface area contributed by atoms with E-state index in [4.69, 9.17) is 5.73 Å². The summed E-state index contributed by atoms with van der Waals surface area (Å²) in [5.74, 6) is -0.0683. The van der Waals surface area contributed by atoms with E-state index < -0.39 is 0 Å². The summed E-state index contributed by atoms with van der Waals surface area (Å²) in [6.07, 6.45) is 6.88. The Morgan fingerprint density at radius 1 is 1.34 bits per heavy atom. The van der Waals surface area contributed by atoms with E-state index in [1.807, 2.05) is 25.1 Å². The van der Waals surface area contributed by atoms with Crippen LogP contribution >= 0.6 is 36.2 Å². The maximum Gasteiger partial charge on any atom is 0.266 e. The molecule has 1 atom stereocenters. The highest BCUT2D eigenvalue weighted by Gasteiger charge is 2.30. The van der Waals surface area contributed by atoms with Gasteiger partial charge in [0.25, 0.3) is 5.91 Å². The van der Waals surface area contributed by atoms with Crippen LogP contribution in [0.5, 0.6) is 0 Å². The molecular formula is C18H28Cl2N6O2S. The van der Waals surface area contributed by atoms with Gasteiger partial charge in [0.15, 0.2) is 0 Å². The fourth-order valence-corrected chi connectivity index (χ4v) is 4.31. The van der Waals surface area contributed by atoms with Gasteiger partial charge in [0, 0.05) is 50.9 Å². The van der Waals surface area contributed by atoms with Gasteiger partial charge in [-0.05, 0) is 26.2 Å². The van der Waals surface area contributed by atoms with Crippen LogP contribution in [0.25, 0.3) is 10.6 Å². The molecule has 3 rings (SSSR count). The van der Waals surface area contributed by atoms with Crippen molar-refractivity contribution in [1.29, 1.82) is 0 Å². The Hall–Kier alpha value is -1.68. The Morgan fingerprint density at radius 3 is 2.76 bits per heavy atom. The standard InChI is InChI=1S/C18H26N6O2S.2ClH/c1-12-16(27-17(22-12)13-9-21-23(2)11-13)18(26)24-8-4-3-5-14(24)10-20-15(25)6-7-19;;/h9,11,14H,3-8,10,19H2,1-2H3,(H,20,25);2*1H. The molecule has 0 aliphatic carbocycles. The van der Waals surface area contributed by atoms with E-state index in [0.29, 0.717) is 30.9 Å². The molecule has 0 radical (unpaired) electrons. The van der Waals surface area contributed by atoms with Gasteiger partial charge in [0.1, 0.15) is 9.88 Å². The van der Waals surface area contributed by atoms with Crippen molar-refractivity contribution in [2.45, 2.75) is 38.6 Å². The number of hydrogen-bond donors (Lipinski definition) is 2. The van der Waals surface area contributed by atoms with E-state index in [9.17, 15) is 9.59 Å². The van der Waals surface area contributed by atoms with Gasteiger partial charge in [-0.15, -0.1) is 36.2 Å². The van der Waals surface area contributed by atoms with Gasteiger partial charge in [0.05, 0.1) is 11.9 Å². The van der Waals surface area contributed by atoms with Gasteiger partial charge in [-0.3, -0.25) is 14.3 Å². The van der Waals surface area contributed by atoms with Crippen molar-refractivity contribution in [1.82, 2.24) is 25.0 Å². The van der Waals surface area contributed by atoms with Crippen LogP contribution in [0.15, 0.2) is 12.4 Å². The summed E-state index contributed by atoms with van der Waals surface area (Å²) in [6, 6.07) is 0.0105. The van der Waals surface area contributed by atoms with Crippen LogP contribution in [0.3, 0.4) is 0 Å². The van der Waals surface area contributed by atoms with Gasteiger partial charge < -0.3 is 16.0 Å². The number of carbonyl (C=O) groups is 2. The van der Waals surface area contributed by atoms with Crippen molar-refractivity contribution in [3.63, 3.8) is 0 Å². The van der Waals surface area contributed by atoms with Crippen molar-refractivity contribution in [2.75, 3.05) is 19.6 Å². The van der Waals surface area contributed by atoms with Crippen molar-refractivity contribution in [3.05, 3.63) is 23.0 Å². The third-order valence-corrected chi connectivity index (χ3v) is 5.93. The predicted molar refractivity (Wildman–Crippen MR) is 119 cm³/mol. The SMILES string of the molecule is Cc1nc(-c2cnn(C)c2)sc1C(=O)N1CCCCC1CNC(=O)CCN.Cl.Cl. The van der Waals surface area contributed by atoms with Crippen molar-refractivity contribution in [2.24, 2.45) is 12.8 Å². The second-order valence-corrected chi connectivity index (χ2v) is 7.83. The lowest BCUT2D eigenvalue weighted by Gasteiger charge is -2.35. The maximum atomic E-state index is 13.2. The molecule has 8 nitrogen and oxygen atoms in total. The largest absolute Gasteiger partial charge is 0.354 e. The normalized spacial score (nSPS) is 16.0. The first kappa shape index (κ1) is 25.4. The highest BCUT2D eigenvalue weighted by atomic mass is 35.5. The molecule has 1 aliphatic heterocycles. The number of aromatic nitrogens is 3. The fourth-order valence-electron chi connectivity index (χ4n) is 3.31. The van der Waals surface area contributed by atoms with Gasteiger partial charge in [0.2, 0.25) is 5.91 Å². The molecule has 2 aromatic rings. The molecule has 2 aromatic heterocycles. The molecule has 29 heavy (non-hydrogen) atoms. The average molecular weight is 463 g/mol. The molecule has 1 unspecified atom stereocenters. The summed E-state index contributed by atoms with van der Waals surface area (Å²) in [5.41, 5.74) is 7.07. The zero-order valence-electron chi connectivity index (χ0n) is 16.6. The molecule has 2 amide bonds. The third-order valence-electron chi connectivity index (χ3n) is 4.74. The molecule has 1 aliphatic rings. The smallest absolute Gasteiger partial charge is 0.266 e. The number of nitrogens with one attached hydrogen (secondary N) is 1. The van der Waals surface area contributed by atoms with Crippen molar-refractivity contribution in [3.8, 4) is 10.6 Å². The van der Waals surface area contributed by atoms with Crippen LogP contribution in [-0.4, -0.2) is 57.2 Å². The number of thiazole rings is 1. The summed E-state index contributed by atoms with van der Waals surface area (Å²) < 4.78 is 1.72. The van der Waals surface area contributed by atoms with E-state index in [1.54, 1.807) is 10.9 Å². The van der Waals surface area contributed by atoms with E-state index in [1.165, 1.54) is 11.3 Å². The summed E-state index contributed by atoms with van der Waals surface area (Å²) in [4.78, 5) is 32.0. The molecule has 11 heteroatoms. The molecule has 1 saturated heterocycles. The Kier molecular flexibility index (Phi) is 10.0. The molecule has 3 N–H and O–H groups in total. The zero-order chi connectivity index (χ0) is 19.4. The first-order valence-electron chi connectivity index (χ1n) is 9.23. The summed E-state index contributed by atoms with van der Waals surface area (Å²) in [7, 11) is 1.85. The maximum absolute atomic E-state index is 13.2. The van der Waals surface area contributed by atoms with Crippen molar-refractivity contribution < 1.29 is 9.59 Å². The van der Waals surface area contributed by atoms with Gasteiger partial charge >= 0.3 is 0 Å². The minimum absolute atomic E-state index is 0. The van der Waals surface area contributed by atoms with Crippen LogP contribution < -0.4 is 11.1 Å². The second-order valence-electron chi connectivity index (χ2n) is 6.83. The number of aryl methyl sites for hydroxylation is 2. The van der Waals surface area contributed by atoms with Gasteiger partial charge in [-0.1, -0.05) is 0 Å². The first-order valence-corrected chi connectivity index (χ1v) is 10.1. The van der Waals surface area contributed by atoms with Crippen molar-refractivity contribution >= 4 is 48.0 Å². The Balaban J connectivity index is 0.00000210. The number of nitrogens with zero attached hydrogens (tertiary/aromatic N) is 4. The lowest BCUT2D eigenvalue weighted by atomic mass is 10.0. The minimum Gasteiger partial charge on any atom is -0.354 e. The summed E-state index contributed by atoms with van der Waals surface area (Å²) >= 11 is 1.40. The molecular weight excluding hydrogens is 435 g/mol. The molecule has 0 spiro atoms. The van der Waals surface area contributed by atoms with Gasteiger partial charge in [-0.25, -0.2) is 4.98 Å². The predicted octanol–water partition coefficient (Wildman–Crippen LogP) is 2.16. The van der Waals surface area contributed by atoms with Gasteiger partial charge in [-0.2, -0.15) is 5.10 Å². The topological polar surface area (TPSA) is 106 Å². The Labute approximate surface area is 187 Å². The lowest BCUT2D eigenvalue weighted by molar-refractivity contribution is -0.121.